The van der Waals surface area contributed by atoms with Crippen LogP contribution in [0.5, 0.6) is 0 Å². The Hall–Kier alpha value is -1.52. The van der Waals surface area contributed by atoms with E-state index in [0.717, 1.165) is 5.56 Å². The molecule has 1 saturated carbocycles. The van der Waals surface area contributed by atoms with Gasteiger partial charge in [-0.05, 0) is 61.1 Å². The van der Waals surface area contributed by atoms with Gasteiger partial charge in [0, 0.05) is 5.02 Å². The lowest BCUT2D eigenvalue weighted by Crippen LogP contribution is -2.14. The highest BCUT2D eigenvalue weighted by atomic mass is 35.5. The van der Waals surface area contributed by atoms with E-state index in [0.29, 0.717) is 16.6 Å². The Kier molecular flexibility index (Phi) is 5.16. The molecule has 1 aliphatic rings. The van der Waals surface area contributed by atoms with Crippen LogP contribution in [0, 0.1) is 6.92 Å². The van der Waals surface area contributed by atoms with E-state index in [2.05, 4.69) is 4.72 Å². The molecule has 1 fully saturated rings. The first-order chi connectivity index (χ1) is 11.5. The fourth-order valence-corrected chi connectivity index (χ4v) is 4.57. The molecule has 1 aliphatic carbocycles. The molecule has 0 aromatic heterocycles. The molecule has 0 heterocycles. The fraction of sp³-hybridized carbons (Fsp3) is 0.368. The van der Waals surface area contributed by atoms with Gasteiger partial charge in [0.25, 0.3) is 10.0 Å². The maximum Gasteiger partial charge on any atom is 0.261 e. The zero-order valence-corrected chi connectivity index (χ0v) is 15.3. The Morgan fingerprint density at radius 2 is 1.67 bits per heavy atom. The van der Waals surface area contributed by atoms with Crippen molar-refractivity contribution in [3.63, 3.8) is 0 Å². The zero-order valence-electron chi connectivity index (χ0n) is 13.8. The monoisotopic (exact) mass is 363 g/mol. The minimum atomic E-state index is -3.61. The molecule has 0 unspecified atom stereocenters. The van der Waals surface area contributed by atoms with E-state index >= 15 is 0 Å². The number of hydrogen-bond donors (Lipinski definition) is 1. The van der Waals surface area contributed by atoms with Crippen molar-refractivity contribution >= 4 is 27.3 Å². The van der Waals surface area contributed by atoms with E-state index in [9.17, 15) is 8.42 Å². The molecular weight excluding hydrogens is 342 g/mol. The molecule has 1 N–H and O–H groups in total. The van der Waals surface area contributed by atoms with Crippen LogP contribution in [0.1, 0.15) is 49.1 Å². The first kappa shape index (κ1) is 17.3. The average molecular weight is 364 g/mol. The Labute approximate surface area is 149 Å². The van der Waals surface area contributed by atoms with Crippen molar-refractivity contribution in [1.29, 1.82) is 0 Å². The molecule has 2 aromatic carbocycles. The standard InChI is InChI=1S/C19H22ClNO2S/c1-14-18(20)8-5-9-19(14)21-24(22,23)17-12-10-16(11-13-17)15-6-3-2-4-7-15/h5,8-13,15,21H,2-4,6-7H2,1H3. The first-order valence-electron chi connectivity index (χ1n) is 8.35. The molecule has 3 nitrogen and oxygen atoms in total. The van der Waals surface area contributed by atoms with Crippen molar-refractivity contribution < 1.29 is 8.42 Å². The highest BCUT2D eigenvalue weighted by Crippen LogP contribution is 2.33. The number of rotatable bonds is 4. The largest absolute Gasteiger partial charge is 0.279 e. The van der Waals surface area contributed by atoms with E-state index in [-0.39, 0.29) is 4.90 Å². The van der Waals surface area contributed by atoms with Gasteiger partial charge in [0.2, 0.25) is 0 Å². The summed E-state index contributed by atoms with van der Waals surface area (Å²) >= 11 is 6.06. The number of nitrogens with one attached hydrogen (secondary N) is 1. The first-order valence-corrected chi connectivity index (χ1v) is 10.2. The third-order valence-electron chi connectivity index (χ3n) is 4.78. The summed E-state index contributed by atoms with van der Waals surface area (Å²) in [6.07, 6.45) is 6.24. The Bertz CT molecular complexity index is 810. The van der Waals surface area contributed by atoms with Crippen LogP contribution < -0.4 is 4.72 Å². The Morgan fingerprint density at radius 3 is 2.33 bits per heavy atom. The van der Waals surface area contributed by atoms with Crippen molar-refractivity contribution in [2.45, 2.75) is 49.8 Å². The molecule has 0 bridgehead atoms. The molecule has 24 heavy (non-hydrogen) atoms. The van der Waals surface area contributed by atoms with Crippen LogP contribution in [-0.4, -0.2) is 8.42 Å². The van der Waals surface area contributed by atoms with Gasteiger partial charge in [-0.1, -0.05) is 49.1 Å². The zero-order chi connectivity index (χ0) is 17.2. The van der Waals surface area contributed by atoms with Gasteiger partial charge in [0.15, 0.2) is 0 Å². The minimum absolute atomic E-state index is 0.279. The number of anilines is 1. The predicted octanol–water partition coefficient (Wildman–Crippen LogP) is 5.50. The summed E-state index contributed by atoms with van der Waals surface area (Å²) in [4.78, 5) is 0.279. The van der Waals surface area contributed by atoms with E-state index in [1.165, 1.54) is 37.7 Å². The second kappa shape index (κ2) is 7.16. The van der Waals surface area contributed by atoms with E-state index in [1.54, 1.807) is 37.3 Å². The molecule has 0 spiro atoms. The summed E-state index contributed by atoms with van der Waals surface area (Å²) in [5, 5.41) is 0.544. The predicted molar refractivity (Wildman–Crippen MR) is 99.3 cm³/mol. The van der Waals surface area contributed by atoms with Gasteiger partial charge in [-0.15, -0.1) is 0 Å². The van der Waals surface area contributed by atoms with Crippen LogP contribution in [0.2, 0.25) is 5.02 Å². The van der Waals surface area contributed by atoms with Crippen LogP contribution in [0.3, 0.4) is 0 Å². The van der Waals surface area contributed by atoms with Gasteiger partial charge in [0.05, 0.1) is 10.6 Å². The molecular formula is C19H22ClNO2S. The molecule has 3 rings (SSSR count). The van der Waals surface area contributed by atoms with Gasteiger partial charge >= 0.3 is 0 Å². The maximum atomic E-state index is 12.6. The molecule has 0 aliphatic heterocycles. The number of benzene rings is 2. The van der Waals surface area contributed by atoms with E-state index < -0.39 is 10.0 Å². The summed E-state index contributed by atoms with van der Waals surface area (Å²) in [7, 11) is -3.61. The molecule has 128 valence electrons. The third-order valence-corrected chi connectivity index (χ3v) is 6.57. The lowest BCUT2D eigenvalue weighted by molar-refractivity contribution is 0.443. The number of sulfonamides is 1. The van der Waals surface area contributed by atoms with Crippen LogP contribution in [0.25, 0.3) is 0 Å². The summed E-state index contributed by atoms with van der Waals surface area (Å²) in [6.45, 7) is 1.80. The number of hydrogen-bond acceptors (Lipinski definition) is 2. The lowest BCUT2D eigenvalue weighted by atomic mass is 9.84. The van der Waals surface area contributed by atoms with E-state index in [4.69, 9.17) is 11.6 Å². The summed E-state index contributed by atoms with van der Waals surface area (Å²) in [6, 6.07) is 12.5. The summed E-state index contributed by atoms with van der Waals surface area (Å²) in [5.41, 5.74) is 2.48. The normalized spacial score (nSPS) is 16.1. The van der Waals surface area contributed by atoms with Crippen molar-refractivity contribution in [2.75, 3.05) is 4.72 Å². The second-order valence-corrected chi connectivity index (χ2v) is 8.51. The van der Waals surface area contributed by atoms with Gasteiger partial charge in [-0.3, -0.25) is 4.72 Å². The van der Waals surface area contributed by atoms with E-state index in [1.807, 2.05) is 12.1 Å². The average Bonchev–Trinajstić information content (AvgIpc) is 2.60. The molecule has 2 aromatic rings. The fourth-order valence-electron chi connectivity index (χ4n) is 3.28. The highest BCUT2D eigenvalue weighted by Gasteiger charge is 2.19. The van der Waals surface area contributed by atoms with Crippen LogP contribution >= 0.6 is 11.6 Å². The topological polar surface area (TPSA) is 46.2 Å². The molecule has 0 amide bonds. The highest BCUT2D eigenvalue weighted by molar-refractivity contribution is 7.92. The smallest absolute Gasteiger partial charge is 0.261 e. The lowest BCUT2D eigenvalue weighted by Gasteiger charge is -2.22. The minimum Gasteiger partial charge on any atom is -0.279 e. The van der Waals surface area contributed by atoms with Crippen molar-refractivity contribution in [3.05, 3.63) is 58.6 Å². The SMILES string of the molecule is Cc1c(Cl)cccc1NS(=O)(=O)c1ccc(C2CCCCC2)cc1. The van der Waals surface area contributed by atoms with Gasteiger partial charge in [-0.25, -0.2) is 8.42 Å². The quantitative estimate of drug-likeness (QED) is 0.779. The second-order valence-electron chi connectivity index (χ2n) is 6.42. The van der Waals surface area contributed by atoms with Gasteiger partial charge in [0.1, 0.15) is 0 Å². The Morgan fingerprint density at radius 1 is 1.00 bits per heavy atom. The van der Waals surface area contributed by atoms with Crippen LogP contribution in [-0.2, 0) is 10.0 Å². The van der Waals surface area contributed by atoms with Gasteiger partial charge in [-0.2, -0.15) is 0 Å². The third kappa shape index (κ3) is 3.76. The molecule has 0 radical (unpaired) electrons. The van der Waals surface area contributed by atoms with Crippen LogP contribution in [0.15, 0.2) is 47.4 Å². The maximum absolute atomic E-state index is 12.6. The Balaban J connectivity index is 1.80. The van der Waals surface area contributed by atoms with Gasteiger partial charge < -0.3 is 0 Å². The van der Waals surface area contributed by atoms with Crippen molar-refractivity contribution in [1.82, 2.24) is 0 Å². The van der Waals surface area contributed by atoms with Crippen molar-refractivity contribution in [3.8, 4) is 0 Å². The van der Waals surface area contributed by atoms with Crippen molar-refractivity contribution in [2.24, 2.45) is 0 Å². The summed E-state index contributed by atoms with van der Waals surface area (Å²) < 4.78 is 27.8. The molecule has 0 saturated heterocycles. The molecule has 5 heteroatoms. The van der Waals surface area contributed by atoms with Crippen LogP contribution in [0.4, 0.5) is 5.69 Å². The molecule has 0 atom stereocenters. The summed E-state index contributed by atoms with van der Waals surface area (Å²) in [5.74, 6) is 0.568. The number of halogens is 1.